The van der Waals surface area contributed by atoms with E-state index >= 15 is 0 Å². The van der Waals surface area contributed by atoms with Crippen LogP contribution in [0, 0.1) is 0 Å². The second-order valence-corrected chi connectivity index (χ2v) is 15.2. The number of rotatable bonds is 14. The molecule has 2 atom stereocenters. The molecule has 1 saturated heterocycles. The summed E-state index contributed by atoms with van der Waals surface area (Å²) >= 11 is 2.03. The minimum atomic E-state index is -5.17. The van der Waals surface area contributed by atoms with Gasteiger partial charge in [-0.2, -0.15) is 9.36 Å². The number of β-lactam (4-membered cyclic amide) rings is 1. The summed E-state index contributed by atoms with van der Waals surface area (Å²) in [5.74, 6) is -4.06. The van der Waals surface area contributed by atoms with Gasteiger partial charge in [-0.25, -0.2) is 9.59 Å². The summed E-state index contributed by atoms with van der Waals surface area (Å²) in [6, 6.07) is -1.15. The van der Waals surface area contributed by atoms with Crippen LogP contribution in [0.2, 0.25) is 0 Å². The number of fused-ring (bicyclic) bond motifs is 2. The van der Waals surface area contributed by atoms with E-state index in [0.717, 1.165) is 34.2 Å². The third-order valence-electron chi connectivity index (χ3n) is 8.04. The highest BCUT2D eigenvalue weighted by atomic mass is 32.3. The van der Waals surface area contributed by atoms with Crippen LogP contribution in [0.4, 0.5) is 10.9 Å². The highest BCUT2D eigenvalue weighted by molar-refractivity contribution is 8.00. The van der Waals surface area contributed by atoms with Crippen molar-refractivity contribution in [3.05, 3.63) is 28.9 Å². The van der Waals surface area contributed by atoms with Gasteiger partial charge in [-0.3, -0.25) is 32.9 Å². The Morgan fingerprint density at radius 3 is 2.36 bits per heavy atom. The van der Waals surface area contributed by atoms with Gasteiger partial charge in [-0.05, 0) is 20.3 Å². The van der Waals surface area contributed by atoms with Gasteiger partial charge in [-0.1, -0.05) is 5.16 Å². The molecule has 2 aromatic heterocycles. The summed E-state index contributed by atoms with van der Waals surface area (Å²) < 4.78 is 41.9. The molecular formula is C27H39N15O11S3. The van der Waals surface area contributed by atoms with Crippen molar-refractivity contribution in [2.75, 3.05) is 36.4 Å². The van der Waals surface area contributed by atoms with E-state index in [-0.39, 0.29) is 61.3 Å². The summed E-state index contributed by atoms with van der Waals surface area (Å²) in [5.41, 5.74) is 26.8. The number of carboxylic acids is 2. The molecule has 2 aromatic rings. The molecule has 0 aromatic carbocycles. The molecule has 0 radical (unpaired) electrons. The van der Waals surface area contributed by atoms with E-state index in [1.807, 2.05) is 15.6 Å². The van der Waals surface area contributed by atoms with Crippen LogP contribution < -0.4 is 44.0 Å². The van der Waals surface area contributed by atoms with Crippen LogP contribution in [0.3, 0.4) is 0 Å². The van der Waals surface area contributed by atoms with Gasteiger partial charge in [0.2, 0.25) is 23.3 Å². The number of carbonyl (C=O) groups is 4. The number of nitrogens with two attached hydrogens (primary N) is 5. The first-order valence-electron chi connectivity index (χ1n) is 16.0. The van der Waals surface area contributed by atoms with Crippen LogP contribution in [-0.4, -0.2) is 130 Å². The molecule has 26 nitrogen and oxygen atoms in total. The van der Waals surface area contributed by atoms with E-state index in [4.69, 9.17) is 51.0 Å². The van der Waals surface area contributed by atoms with E-state index < -0.39 is 56.9 Å². The predicted molar refractivity (Wildman–Crippen MR) is 197 cm³/mol. The lowest BCUT2D eigenvalue weighted by Gasteiger charge is -2.49. The first kappa shape index (κ1) is 43.0. The molecule has 56 heavy (non-hydrogen) atoms. The number of nitrogen functional groups attached to an aromatic ring is 1. The van der Waals surface area contributed by atoms with Crippen LogP contribution in [0.1, 0.15) is 39.0 Å². The van der Waals surface area contributed by atoms with E-state index in [9.17, 15) is 29.4 Å². The number of hydrogen-bond acceptors (Lipinski definition) is 18. The largest absolute Gasteiger partial charge is 1.00 e. The van der Waals surface area contributed by atoms with E-state index in [2.05, 4.69) is 35.1 Å². The van der Waals surface area contributed by atoms with Gasteiger partial charge < -0.3 is 63.5 Å². The maximum atomic E-state index is 13.5. The van der Waals surface area contributed by atoms with Crippen LogP contribution in [-0.2, 0) is 47.5 Å². The van der Waals surface area contributed by atoms with Crippen LogP contribution in [0.15, 0.2) is 32.6 Å². The summed E-state index contributed by atoms with van der Waals surface area (Å²) in [4.78, 5) is 69.6. The standard InChI is InChI=1S/C27H37N15O7S2.H2O4S/c1-27(2,23(47)48)49-38-14(17-37-26(32)51-39-17)19(43)36-15-20(44)42-16(22(45)46)12(10-50-21(15)42)8-40-9-13(18-33-4-3-5-41(18)40)11(6-34-24(28)29)7-35-25(30)31;1-5(2,3)4/h9,11,15,21H,3-8,10H2,1-2H3,(H13,28,29,30,31,32,34,35,36,37,39,43,45,46,47,48);(H2,1,2,3,4)/t15-,21-;/m1./s1. The molecule has 5 rings (SSSR count). The van der Waals surface area contributed by atoms with Crippen LogP contribution in [0.25, 0.3) is 0 Å². The monoisotopic (exact) mass is 845 g/mol. The molecule has 5 heterocycles. The number of amides is 2. The van der Waals surface area contributed by atoms with Gasteiger partial charge >= 0.3 is 13.4 Å². The minimum absolute atomic E-state index is 0. The van der Waals surface area contributed by atoms with Crippen molar-refractivity contribution in [3.8, 4) is 0 Å². The van der Waals surface area contributed by atoms with Gasteiger partial charge in [0.1, 0.15) is 17.1 Å². The molecule has 0 unspecified atom stereocenters. The maximum Gasteiger partial charge on any atom is 1.00 e. The number of guanidine groups is 2. The van der Waals surface area contributed by atoms with E-state index in [0.29, 0.717) is 18.7 Å². The van der Waals surface area contributed by atoms with Gasteiger partial charge in [0.25, 0.3) is 11.8 Å². The summed E-state index contributed by atoms with van der Waals surface area (Å²) in [6.45, 7) is 4.27. The molecular weight excluding hydrogens is 807 g/mol. The Morgan fingerprint density at radius 1 is 1.20 bits per heavy atom. The van der Waals surface area contributed by atoms with Crippen molar-refractivity contribution in [3.63, 3.8) is 0 Å². The highest BCUT2D eigenvalue weighted by Gasteiger charge is 2.55. The SMILES string of the molecule is CC(C)(ON=C(C(=O)N[C@@H]1C(=O)N2C(C(=O)O)=C(C[n+]3cc(C(CN=C(N)N)CN=C(N)N)c4n3CCCN4)CS[C@H]12)c1nsc(N)n1)C(=O)O.O=S(=O)([O-])[O-].[H+]. The third-order valence-corrected chi connectivity index (χ3v) is 9.92. The number of aromatic nitrogens is 4. The van der Waals surface area contributed by atoms with Crippen molar-refractivity contribution in [2.45, 2.75) is 56.3 Å². The molecule has 0 bridgehead atoms. The Bertz CT molecular complexity index is 2080. The second kappa shape index (κ2) is 17.3. The zero-order valence-corrected chi connectivity index (χ0v) is 32.0. The van der Waals surface area contributed by atoms with Crippen molar-refractivity contribution in [1.82, 2.24) is 24.3 Å². The van der Waals surface area contributed by atoms with E-state index in [1.54, 1.807) is 0 Å². The summed E-state index contributed by atoms with van der Waals surface area (Å²) in [6.07, 6.45) is 2.66. The first-order valence-corrected chi connectivity index (χ1v) is 19.2. The number of anilines is 2. The zero-order chi connectivity index (χ0) is 41.7. The number of hydrogen-bond donors (Lipinski definition) is 9. The quantitative estimate of drug-likeness (QED) is 0.0164. The van der Waals surface area contributed by atoms with Gasteiger partial charge in [0.05, 0.1) is 25.2 Å². The Hall–Kier alpha value is -5.78. The van der Waals surface area contributed by atoms with Gasteiger partial charge in [0.15, 0.2) is 29.4 Å². The number of carboxylic acid groups (broad SMARTS) is 2. The number of aliphatic carboxylic acids is 2. The fourth-order valence-electron chi connectivity index (χ4n) is 5.48. The Kier molecular flexibility index (Phi) is 13.3. The lowest BCUT2D eigenvalue weighted by Crippen LogP contribution is -2.71. The lowest BCUT2D eigenvalue weighted by molar-refractivity contribution is -0.768. The highest BCUT2D eigenvalue weighted by Crippen LogP contribution is 2.40. The van der Waals surface area contributed by atoms with Crippen molar-refractivity contribution >= 4 is 86.0 Å². The number of nitrogens with zero attached hydrogens (tertiary/aromatic N) is 8. The zero-order valence-electron chi connectivity index (χ0n) is 30.5. The van der Waals surface area contributed by atoms with Crippen LogP contribution in [0.5, 0.6) is 0 Å². The van der Waals surface area contributed by atoms with E-state index in [1.165, 1.54) is 25.6 Å². The Labute approximate surface area is 327 Å². The normalized spacial score (nSPS) is 18.0. The average Bonchev–Trinajstić information content (AvgIpc) is 3.69. The number of thioether (sulfide) groups is 1. The second-order valence-electron chi connectivity index (χ2n) is 12.5. The topological polar surface area (TPSA) is 427 Å². The summed E-state index contributed by atoms with van der Waals surface area (Å²) in [5, 5.41) is 28.6. The fourth-order valence-corrected chi connectivity index (χ4v) is 7.25. The molecule has 2 amide bonds. The van der Waals surface area contributed by atoms with Crippen LogP contribution >= 0.6 is 23.3 Å². The third kappa shape index (κ3) is 10.5. The predicted octanol–water partition coefficient (Wildman–Crippen LogP) is -4.55. The first-order chi connectivity index (χ1) is 26.1. The molecule has 14 N–H and O–H groups in total. The lowest BCUT2D eigenvalue weighted by atomic mass is 10.0. The number of nitrogens with one attached hydrogen (secondary N) is 2. The molecule has 0 saturated carbocycles. The molecule has 0 spiro atoms. The molecule has 0 aliphatic carbocycles. The number of oxime groups is 1. The fraction of sp³-hybridized carbons (Fsp3) is 0.481. The Balaban J connectivity index is 0.00000136. The van der Waals surface area contributed by atoms with Crippen molar-refractivity contribution in [2.24, 2.45) is 38.1 Å². The summed E-state index contributed by atoms with van der Waals surface area (Å²) in [7, 11) is -5.17. The number of carbonyl (C=O) groups excluding carboxylic acids is 2. The molecule has 306 valence electrons. The number of aliphatic imine (C=N–C) groups is 2. The Morgan fingerprint density at radius 2 is 1.82 bits per heavy atom. The maximum absolute atomic E-state index is 13.5. The molecule has 29 heteroatoms. The molecule has 1 fully saturated rings. The van der Waals surface area contributed by atoms with Gasteiger partial charge in [0, 0.05) is 45.7 Å². The minimum Gasteiger partial charge on any atom is -0.759 e. The molecule has 3 aliphatic heterocycles. The van der Waals surface area contributed by atoms with Gasteiger partial charge in [-0.15, -0.1) is 21.1 Å². The van der Waals surface area contributed by atoms with Crippen molar-refractivity contribution in [1.29, 1.82) is 0 Å². The average molecular weight is 846 g/mol. The smallest absolute Gasteiger partial charge is 0.759 e. The van der Waals surface area contributed by atoms with Crippen molar-refractivity contribution < 1.29 is 57.9 Å². The molecule has 3 aliphatic rings.